The van der Waals surface area contributed by atoms with E-state index in [4.69, 9.17) is 16.3 Å². The molecule has 0 spiro atoms. The molecule has 5 rings (SSSR count). The van der Waals surface area contributed by atoms with Gasteiger partial charge in [0.1, 0.15) is 18.7 Å². The summed E-state index contributed by atoms with van der Waals surface area (Å²) < 4.78 is 47.8. The molecule has 1 fully saturated rings. The summed E-state index contributed by atoms with van der Waals surface area (Å²) in [5, 5.41) is 3.96. The van der Waals surface area contributed by atoms with Crippen molar-refractivity contribution in [2.45, 2.75) is 31.5 Å². The number of thioether (sulfide) groups is 1. The number of amidine groups is 1. The molecular weight excluding hydrogens is 619 g/mol. The lowest BCUT2D eigenvalue weighted by molar-refractivity contribution is -0.274. The third kappa shape index (κ3) is 7.40. The lowest BCUT2D eigenvalue weighted by atomic mass is 10.0. The van der Waals surface area contributed by atoms with Crippen LogP contribution in [0.5, 0.6) is 5.75 Å². The van der Waals surface area contributed by atoms with E-state index < -0.39 is 17.8 Å². The van der Waals surface area contributed by atoms with Crippen LogP contribution >= 0.6 is 23.4 Å². The van der Waals surface area contributed by atoms with Crippen LogP contribution in [0, 0.1) is 0 Å². The van der Waals surface area contributed by atoms with E-state index in [0.717, 1.165) is 5.56 Å². The van der Waals surface area contributed by atoms with Crippen molar-refractivity contribution in [2.75, 3.05) is 17.3 Å². The zero-order valence-corrected chi connectivity index (χ0v) is 24.9. The number of para-hydroxylation sites is 1. The molecule has 1 saturated heterocycles. The van der Waals surface area contributed by atoms with Crippen LogP contribution in [-0.4, -0.2) is 50.7 Å². The van der Waals surface area contributed by atoms with Gasteiger partial charge in [0.2, 0.25) is 5.91 Å². The smallest absolute Gasteiger partial charge is 0.446 e. The van der Waals surface area contributed by atoms with Crippen LogP contribution in [0.4, 0.5) is 23.7 Å². The molecule has 1 aliphatic heterocycles. The molecular formula is C30H25ClF3N5O4S. The third-order valence-corrected chi connectivity index (χ3v) is 7.76. The molecule has 1 unspecified atom stereocenters. The number of nitrogens with zero attached hydrogens (tertiary/aromatic N) is 5. The number of aromatic nitrogens is 3. The van der Waals surface area contributed by atoms with Gasteiger partial charge in [-0.2, -0.15) is 4.99 Å². The summed E-state index contributed by atoms with van der Waals surface area (Å²) in [6, 6.07) is 19.7. The van der Waals surface area contributed by atoms with Gasteiger partial charge in [-0.05, 0) is 47.4 Å². The predicted octanol–water partition coefficient (Wildman–Crippen LogP) is 7.51. The number of hydrogen-bond acceptors (Lipinski definition) is 7. The standard InChI is InChI=1S/C30H25ClF3N5O4S/c1-18(2)23-5-3-4-6-25(23)39-26(40)16-44-28(39)36-29(41)42-15-24(31)19-7-9-20(10-8-19)27-35-17-38(37-27)21-11-13-22(14-12-21)43-30(32,33)34/h3-14,17-18,24H,15-16H2,1-2H3/b36-28-. The Kier molecular flexibility index (Phi) is 9.25. The highest BCUT2D eigenvalue weighted by molar-refractivity contribution is 8.15. The second-order valence-electron chi connectivity index (χ2n) is 9.85. The Morgan fingerprint density at radius 3 is 2.45 bits per heavy atom. The molecule has 2 amide bonds. The molecule has 3 aromatic carbocycles. The summed E-state index contributed by atoms with van der Waals surface area (Å²) in [6.45, 7) is 3.89. The minimum absolute atomic E-state index is 0.154. The van der Waals surface area contributed by atoms with Crippen molar-refractivity contribution in [1.82, 2.24) is 14.8 Å². The third-order valence-electron chi connectivity index (χ3n) is 6.46. The fourth-order valence-corrected chi connectivity index (χ4v) is 5.43. The average Bonchev–Trinajstić information content (AvgIpc) is 3.62. The van der Waals surface area contributed by atoms with E-state index in [2.05, 4.69) is 19.8 Å². The van der Waals surface area contributed by atoms with E-state index in [-0.39, 0.29) is 35.1 Å². The van der Waals surface area contributed by atoms with Gasteiger partial charge in [-0.15, -0.1) is 29.9 Å². The number of benzene rings is 3. The maximum Gasteiger partial charge on any atom is 0.573 e. The summed E-state index contributed by atoms with van der Waals surface area (Å²) in [5.74, 6) is 0.202. The highest BCUT2D eigenvalue weighted by Gasteiger charge is 2.33. The first kappa shape index (κ1) is 31.1. The van der Waals surface area contributed by atoms with Gasteiger partial charge < -0.3 is 9.47 Å². The summed E-state index contributed by atoms with van der Waals surface area (Å²) in [5.41, 5.74) is 3.49. The zero-order chi connectivity index (χ0) is 31.4. The molecule has 0 N–H and O–H groups in total. The fraction of sp³-hybridized carbons (Fsp3) is 0.233. The predicted molar refractivity (Wildman–Crippen MR) is 161 cm³/mol. The molecule has 0 aliphatic carbocycles. The van der Waals surface area contributed by atoms with Crippen LogP contribution in [0.15, 0.2) is 84.1 Å². The molecule has 14 heteroatoms. The van der Waals surface area contributed by atoms with Gasteiger partial charge in [0.15, 0.2) is 11.0 Å². The first-order valence-electron chi connectivity index (χ1n) is 13.3. The Morgan fingerprint density at radius 1 is 1.07 bits per heavy atom. The maximum absolute atomic E-state index is 12.7. The van der Waals surface area contributed by atoms with Crippen molar-refractivity contribution < 1.29 is 32.2 Å². The number of halogens is 4. The van der Waals surface area contributed by atoms with Crippen LogP contribution < -0.4 is 9.64 Å². The van der Waals surface area contributed by atoms with Gasteiger partial charge in [0, 0.05) is 5.56 Å². The maximum atomic E-state index is 12.7. The lowest BCUT2D eigenvalue weighted by Gasteiger charge is -2.21. The molecule has 1 aromatic heterocycles. The van der Waals surface area contributed by atoms with E-state index in [0.29, 0.717) is 28.3 Å². The number of hydrogen-bond donors (Lipinski definition) is 0. The highest BCUT2D eigenvalue weighted by atomic mass is 35.5. The summed E-state index contributed by atoms with van der Waals surface area (Å²) in [7, 11) is 0. The number of carbonyl (C=O) groups is 2. The number of rotatable bonds is 8. The molecule has 4 aromatic rings. The minimum atomic E-state index is -4.77. The van der Waals surface area contributed by atoms with Gasteiger partial charge >= 0.3 is 12.5 Å². The Labute approximate surface area is 259 Å². The first-order valence-corrected chi connectivity index (χ1v) is 14.7. The van der Waals surface area contributed by atoms with Crippen LogP contribution in [0.1, 0.15) is 36.3 Å². The van der Waals surface area contributed by atoms with Crippen LogP contribution in [0.25, 0.3) is 17.1 Å². The first-order chi connectivity index (χ1) is 21.0. The van der Waals surface area contributed by atoms with E-state index >= 15 is 0 Å². The molecule has 0 bridgehead atoms. The number of anilines is 1. The van der Waals surface area contributed by atoms with Crippen molar-refractivity contribution in [3.05, 3.63) is 90.3 Å². The minimum Gasteiger partial charge on any atom is -0.446 e. The van der Waals surface area contributed by atoms with E-state index in [1.54, 1.807) is 24.3 Å². The molecule has 0 saturated carbocycles. The largest absolute Gasteiger partial charge is 0.573 e. The average molecular weight is 644 g/mol. The summed E-state index contributed by atoms with van der Waals surface area (Å²) in [4.78, 5) is 35.0. The van der Waals surface area contributed by atoms with Crippen LogP contribution in [-0.2, 0) is 9.53 Å². The molecule has 1 aliphatic rings. The van der Waals surface area contributed by atoms with Gasteiger partial charge in [-0.3, -0.25) is 9.69 Å². The second kappa shape index (κ2) is 13.1. The monoisotopic (exact) mass is 643 g/mol. The Bertz CT molecular complexity index is 1680. The number of alkyl halides is 4. The molecule has 228 valence electrons. The van der Waals surface area contributed by atoms with E-state index in [9.17, 15) is 22.8 Å². The molecule has 9 nitrogen and oxygen atoms in total. The van der Waals surface area contributed by atoms with Crippen molar-refractivity contribution >= 4 is 46.2 Å². The van der Waals surface area contributed by atoms with E-state index in [1.807, 2.05) is 38.1 Å². The molecule has 1 atom stereocenters. The highest BCUT2D eigenvalue weighted by Crippen LogP contribution is 2.33. The normalized spacial score (nSPS) is 15.2. The number of aliphatic imine (C=N–C) groups is 1. The summed E-state index contributed by atoms with van der Waals surface area (Å²) in [6.07, 6.45) is -4.19. The second-order valence-corrected chi connectivity index (χ2v) is 11.3. The van der Waals surface area contributed by atoms with Crippen LogP contribution in [0.2, 0.25) is 0 Å². The molecule has 0 radical (unpaired) electrons. The zero-order valence-electron chi connectivity index (χ0n) is 23.4. The van der Waals surface area contributed by atoms with Crippen molar-refractivity contribution in [1.29, 1.82) is 0 Å². The van der Waals surface area contributed by atoms with Gasteiger partial charge in [-0.1, -0.05) is 68.1 Å². The molecule has 44 heavy (non-hydrogen) atoms. The van der Waals surface area contributed by atoms with Gasteiger partial charge in [0.05, 0.1) is 22.5 Å². The molecule has 2 heterocycles. The Morgan fingerprint density at radius 2 is 1.77 bits per heavy atom. The van der Waals surface area contributed by atoms with Crippen molar-refractivity contribution in [3.63, 3.8) is 0 Å². The quantitative estimate of drug-likeness (QED) is 0.183. The van der Waals surface area contributed by atoms with Crippen molar-refractivity contribution in [3.8, 4) is 22.8 Å². The van der Waals surface area contributed by atoms with Crippen LogP contribution in [0.3, 0.4) is 0 Å². The van der Waals surface area contributed by atoms with Gasteiger partial charge in [-0.25, -0.2) is 14.5 Å². The Hall–Kier alpha value is -4.36. The fourth-order valence-electron chi connectivity index (χ4n) is 4.37. The summed E-state index contributed by atoms with van der Waals surface area (Å²) >= 11 is 7.66. The van der Waals surface area contributed by atoms with Gasteiger partial charge in [0.25, 0.3) is 0 Å². The van der Waals surface area contributed by atoms with E-state index in [1.165, 1.54) is 51.9 Å². The topological polar surface area (TPSA) is 98.9 Å². The SMILES string of the molecule is CC(C)c1ccccc1N1C(=O)CS/C1=N\C(=O)OCC(Cl)c1ccc(-c2ncn(-c3ccc(OC(F)(F)F)cc3)n2)cc1. The number of ether oxygens (including phenoxy) is 2. The number of amides is 2. The van der Waals surface area contributed by atoms with Crippen molar-refractivity contribution in [2.24, 2.45) is 4.99 Å². The number of carbonyl (C=O) groups excluding carboxylic acids is 2. The Balaban J connectivity index is 1.20. The lowest BCUT2D eigenvalue weighted by Crippen LogP contribution is -2.31.